The van der Waals surface area contributed by atoms with E-state index in [1.165, 1.54) is 12.3 Å². The van der Waals surface area contributed by atoms with E-state index >= 15 is 0 Å². The minimum Gasteiger partial charge on any atom is -0.477 e. The van der Waals surface area contributed by atoms with Gasteiger partial charge in [-0.05, 0) is 6.07 Å². The zero-order valence-corrected chi connectivity index (χ0v) is 12.1. The summed E-state index contributed by atoms with van der Waals surface area (Å²) in [5, 5.41) is 15.7. The third-order valence-corrected chi connectivity index (χ3v) is 2.62. The number of carboxylic acid groups (broad SMARTS) is 1. The van der Waals surface area contributed by atoms with Crippen molar-refractivity contribution in [1.82, 2.24) is 20.1 Å². The zero-order valence-electron chi connectivity index (χ0n) is 12.1. The maximum absolute atomic E-state index is 10.8. The number of aromatic nitrogens is 4. The molecule has 0 saturated carbocycles. The van der Waals surface area contributed by atoms with E-state index in [1.54, 1.807) is 0 Å². The molecule has 21 heavy (non-hydrogen) atoms. The Balaban J connectivity index is 1.91. The van der Waals surface area contributed by atoms with Crippen LogP contribution in [0.4, 0.5) is 5.95 Å². The standard InChI is InChI=1S/C13H17N5O3/c1-13(2,3)11-17-9(18-21-11)5-7-15-12-14-6-4-8(16-12)10(19)20/h4,6H,5,7H2,1-3H3,(H,19,20)(H,14,15,16). The number of carbonyl (C=O) groups is 1. The molecule has 0 spiro atoms. The molecule has 0 atom stereocenters. The second-order valence-electron chi connectivity index (χ2n) is 5.51. The molecular weight excluding hydrogens is 274 g/mol. The average molecular weight is 291 g/mol. The van der Waals surface area contributed by atoms with Gasteiger partial charge in [0.25, 0.3) is 0 Å². The van der Waals surface area contributed by atoms with E-state index in [4.69, 9.17) is 9.63 Å². The maximum Gasteiger partial charge on any atom is 0.354 e. The molecule has 8 nitrogen and oxygen atoms in total. The van der Waals surface area contributed by atoms with Gasteiger partial charge in [-0.25, -0.2) is 14.8 Å². The van der Waals surface area contributed by atoms with Gasteiger partial charge in [-0.15, -0.1) is 0 Å². The van der Waals surface area contributed by atoms with Crippen molar-refractivity contribution < 1.29 is 14.4 Å². The molecule has 0 unspecified atom stereocenters. The van der Waals surface area contributed by atoms with E-state index in [0.717, 1.165) is 0 Å². The van der Waals surface area contributed by atoms with E-state index in [-0.39, 0.29) is 17.1 Å². The lowest BCUT2D eigenvalue weighted by atomic mass is 9.97. The monoisotopic (exact) mass is 291 g/mol. The number of rotatable bonds is 5. The molecule has 0 aliphatic rings. The molecule has 0 bridgehead atoms. The maximum atomic E-state index is 10.8. The van der Waals surface area contributed by atoms with Crippen LogP contribution in [0.3, 0.4) is 0 Å². The van der Waals surface area contributed by atoms with Gasteiger partial charge in [0.05, 0.1) is 0 Å². The predicted octanol–water partition coefficient (Wildman–Crippen LogP) is 1.51. The first kappa shape index (κ1) is 14.9. The fraction of sp³-hybridized carbons (Fsp3) is 0.462. The van der Waals surface area contributed by atoms with E-state index in [1.807, 2.05) is 20.8 Å². The molecule has 8 heteroatoms. The Bertz CT molecular complexity index is 633. The number of aromatic carboxylic acids is 1. The Morgan fingerprint density at radius 2 is 2.14 bits per heavy atom. The number of hydrogen-bond donors (Lipinski definition) is 2. The van der Waals surface area contributed by atoms with Crippen molar-refractivity contribution in [3.05, 3.63) is 29.7 Å². The van der Waals surface area contributed by atoms with Gasteiger partial charge in [0.15, 0.2) is 11.5 Å². The van der Waals surface area contributed by atoms with E-state index in [0.29, 0.717) is 24.7 Å². The van der Waals surface area contributed by atoms with Crippen molar-refractivity contribution in [3.8, 4) is 0 Å². The Labute approximate surface area is 121 Å². The van der Waals surface area contributed by atoms with Crippen LogP contribution in [-0.2, 0) is 11.8 Å². The minimum atomic E-state index is -1.09. The largest absolute Gasteiger partial charge is 0.477 e. The van der Waals surface area contributed by atoms with Crippen molar-refractivity contribution >= 4 is 11.9 Å². The van der Waals surface area contributed by atoms with Crippen LogP contribution in [-0.4, -0.2) is 37.7 Å². The Morgan fingerprint density at radius 3 is 2.76 bits per heavy atom. The van der Waals surface area contributed by atoms with Gasteiger partial charge >= 0.3 is 5.97 Å². The van der Waals surface area contributed by atoms with Crippen LogP contribution in [0.25, 0.3) is 0 Å². The third kappa shape index (κ3) is 3.98. The molecule has 0 saturated heterocycles. The molecule has 0 aromatic carbocycles. The summed E-state index contributed by atoms with van der Waals surface area (Å²) >= 11 is 0. The van der Waals surface area contributed by atoms with Crippen LogP contribution in [0.1, 0.15) is 43.0 Å². The Morgan fingerprint density at radius 1 is 1.38 bits per heavy atom. The molecule has 2 N–H and O–H groups in total. The van der Waals surface area contributed by atoms with Crippen molar-refractivity contribution in [3.63, 3.8) is 0 Å². The Hall–Kier alpha value is -2.51. The van der Waals surface area contributed by atoms with Gasteiger partial charge < -0.3 is 14.9 Å². The summed E-state index contributed by atoms with van der Waals surface area (Å²) in [4.78, 5) is 22.9. The van der Waals surface area contributed by atoms with Crippen molar-refractivity contribution in [2.24, 2.45) is 0 Å². The summed E-state index contributed by atoms with van der Waals surface area (Å²) in [5.74, 6) is 0.339. The second-order valence-corrected chi connectivity index (χ2v) is 5.51. The van der Waals surface area contributed by atoms with Gasteiger partial charge in [-0.1, -0.05) is 25.9 Å². The zero-order chi connectivity index (χ0) is 15.5. The molecule has 2 rings (SSSR count). The smallest absolute Gasteiger partial charge is 0.354 e. The van der Waals surface area contributed by atoms with Crippen LogP contribution in [0.2, 0.25) is 0 Å². The molecule has 2 aromatic rings. The highest BCUT2D eigenvalue weighted by atomic mass is 16.5. The van der Waals surface area contributed by atoms with Gasteiger partial charge in [0.2, 0.25) is 11.8 Å². The summed E-state index contributed by atoms with van der Waals surface area (Å²) in [6.45, 7) is 6.46. The summed E-state index contributed by atoms with van der Waals surface area (Å²) in [7, 11) is 0. The van der Waals surface area contributed by atoms with Crippen LogP contribution in [0.5, 0.6) is 0 Å². The summed E-state index contributed by atoms with van der Waals surface area (Å²) in [6.07, 6.45) is 1.92. The molecule has 2 heterocycles. The quantitative estimate of drug-likeness (QED) is 0.852. The highest BCUT2D eigenvalue weighted by Crippen LogP contribution is 2.19. The van der Waals surface area contributed by atoms with Crippen LogP contribution in [0, 0.1) is 0 Å². The number of nitrogens with zero attached hydrogens (tertiary/aromatic N) is 4. The highest BCUT2D eigenvalue weighted by Gasteiger charge is 2.21. The van der Waals surface area contributed by atoms with Gasteiger partial charge in [-0.3, -0.25) is 0 Å². The summed E-state index contributed by atoms with van der Waals surface area (Å²) in [6, 6.07) is 1.34. The lowest BCUT2D eigenvalue weighted by Crippen LogP contribution is -2.13. The molecular formula is C13H17N5O3. The predicted molar refractivity (Wildman–Crippen MR) is 74.2 cm³/mol. The van der Waals surface area contributed by atoms with Crippen LogP contribution < -0.4 is 5.32 Å². The minimum absolute atomic E-state index is 0.0536. The van der Waals surface area contributed by atoms with E-state index in [9.17, 15) is 4.79 Å². The SMILES string of the molecule is CC(C)(C)c1nc(CCNc2nccc(C(=O)O)n2)no1. The third-order valence-electron chi connectivity index (χ3n) is 2.62. The van der Waals surface area contributed by atoms with Crippen molar-refractivity contribution in [2.75, 3.05) is 11.9 Å². The molecule has 0 aliphatic heterocycles. The molecule has 2 aromatic heterocycles. The van der Waals surface area contributed by atoms with Gasteiger partial charge in [0, 0.05) is 24.6 Å². The van der Waals surface area contributed by atoms with Gasteiger partial charge in [0.1, 0.15) is 0 Å². The lowest BCUT2D eigenvalue weighted by Gasteiger charge is -2.10. The first-order valence-corrected chi connectivity index (χ1v) is 6.49. The van der Waals surface area contributed by atoms with E-state index < -0.39 is 5.97 Å². The second kappa shape index (κ2) is 5.86. The fourth-order valence-electron chi connectivity index (χ4n) is 1.51. The summed E-state index contributed by atoms with van der Waals surface area (Å²) < 4.78 is 5.18. The molecule has 0 fully saturated rings. The topological polar surface area (TPSA) is 114 Å². The number of carboxylic acids is 1. The number of anilines is 1. The molecule has 0 aliphatic carbocycles. The number of nitrogens with one attached hydrogen (secondary N) is 1. The Kier molecular flexibility index (Phi) is 4.15. The summed E-state index contributed by atoms with van der Waals surface area (Å²) in [5.41, 5.74) is -0.237. The average Bonchev–Trinajstić information content (AvgIpc) is 2.88. The number of hydrogen-bond acceptors (Lipinski definition) is 7. The van der Waals surface area contributed by atoms with Crippen LogP contribution >= 0.6 is 0 Å². The first-order valence-electron chi connectivity index (χ1n) is 6.49. The van der Waals surface area contributed by atoms with Gasteiger partial charge in [-0.2, -0.15) is 4.98 Å². The molecule has 0 amide bonds. The first-order chi connectivity index (χ1) is 9.86. The van der Waals surface area contributed by atoms with E-state index in [2.05, 4.69) is 25.4 Å². The lowest BCUT2D eigenvalue weighted by molar-refractivity contribution is 0.0690. The van der Waals surface area contributed by atoms with Crippen LogP contribution in [0.15, 0.2) is 16.8 Å². The fourth-order valence-corrected chi connectivity index (χ4v) is 1.51. The molecule has 112 valence electrons. The van der Waals surface area contributed by atoms with Crippen molar-refractivity contribution in [1.29, 1.82) is 0 Å². The van der Waals surface area contributed by atoms with Crippen molar-refractivity contribution in [2.45, 2.75) is 32.6 Å². The highest BCUT2D eigenvalue weighted by molar-refractivity contribution is 5.85. The normalized spacial score (nSPS) is 11.4. The molecule has 0 radical (unpaired) electrons.